The quantitative estimate of drug-likeness (QED) is 0.394. The Bertz CT molecular complexity index is 1200. The highest BCUT2D eigenvalue weighted by Gasteiger charge is 2.10. The molecule has 0 aliphatic rings. The molecule has 0 saturated carbocycles. The van der Waals surface area contributed by atoms with Gasteiger partial charge in [-0.1, -0.05) is 36.4 Å². The van der Waals surface area contributed by atoms with Crippen LogP contribution in [0.25, 0.3) is 43.6 Å². The monoisotopic (exact) mass is 385 g/mol. The first-order valence-corrected chi connectivity index (χ1v) is 8.21. The van der Waals surface area contributed by atoms with Crippen LogP contribution in [0.3, 0.4) is 0 Å². The fraction of sp³-hybridized carbons (Fsp3) is 0. The predicted molar refractivity (Wildman–Crippen MR) is 101 cm³/mol. The van der Waals surface area contributed by atoms with E-state index in [2.05, 4.69) is 83.8 Å². The lowest BCUT2D eigenvalue weighted by atomic mass is 9.96. The van der Waals surface area contributed by atoms with Crippen LogP contribution in [-0.2, 0) is 0 Å². The molecule has 2 heteroatoms. The molecule has 5 aromatic rings. The van der Waals surface area contributed by atoms with Crippen molar-refractivity contribution in [3.05, 3.63) is 91.1 Å². The topological polar surface area (TPSA) is 14.1 Å². The molecule has 120 valence electrons. The van der Waals surface area contributed by atoms with Crippen molar-refractivity contribution in [3.8, 4) is 11.3 Å². The third kappa shape index (κ3) is 2.69. The molecule has 1 nitrogen and oxygen atoms in total. The molecule has 0 spiro atoms. The van der Waals surface area contributed by atoms with Gasteiger partial charge in [0.1, 0.15) is 0 Å². The SMILES string of the molecule is [Br-].c1ccc(-c2cccc3cc4cc5ccccc5cc4cc23)[nH+]c1. The maximum absolute atomic E-state index is 3.35. The van der Waals surface area contributed by atoms with Crippen molar-refractivity contribution in [2.45, 2.75) is 0 Å². The minimum absolute atomic E-state index is 0. The fourth-order valence-electron chi connectivity index (χ4n) is 3.51. The smallest absolute Gasteiger partial charge is 0.211 e. The largest absolute Gasteiger partial charge is 1.00 e. The Morgan fingerprint density at radius 3 is 1.88 bits per heavy atom. The van der Waals surface area contributed by atoms with Crippen molar-refractivity contribution < 1.29 is 22.0 Å². The minimum atomic E-state index is 0. The number of pyridine rings is 1. The van der Waals surface area contributed by atoms with Crippen LogP contribution in [0, 0.1) is 0 Å². The fourth-order valence-corrected chi connectivity index (χ4v) is 3.51. The van der Waals surface area contributed by atoms with Crippen LogP contribution in [0.1, 0.15) is 0 Å². The summed E-state index contributed by atoms with van der Waals surface area (Å²) in [7, 11) is 0. The molecule has 0 aliphatic carbocycles. The van der Waals surface area contributed by atoms with Crippen LogP contribution in [0.2, 0.25) is 0 Å². The molecule has 1 aromatic heterocycles. The van der Waals surface area contributed by atoms with Gasteiger partial charge in [0.05, 0.1) is 5.56 Å². The van der Waals surface area contributed by atoms with Gasteiger partial charge in [0.15, 0.2) is 6.20 Å². The number of aromatic amines is 1. The lowest BCUT2D eigenvalue weighted by Gasteiger charge is -2.07. The molecule has 1 N–H and O–H groups in total. The molecule has 0 amide bonds. The van der Waals surface area contributed by atoms with Gasteiger partial charge in [-0.3, -0.25) is 0 Å². The van der Waals surface area contributed by atoms with Gasteiger partial charge < -0.3 is 17.0 Å². The Hall–Kier alpha value is -2.71. The number of fused-ring (bicyclic) bond motifs is 3. The number of nitrogens with one attached hydrogen (secondary N) is 1. The van der Waals surface area contributed by atoms with Crippen molar-refractivity contribution in [1.82, 2.24) is 0 Å². The number of H-pyrrole nitrogens is 1. The second-order valence-corrected chi connectivity index (χ2v) is 6.20. The van der Waals surface area contributed by atoms with E-state index in [4.69, 9.17) is 0 Å². The van der Waals surface area contributed by atoms with Crippen LogP contribution in [-0.4, -0.2) is 0 Å². The number of hydrogen-bond donors (Lipinski definition) is 0. The van der Waals surface area contributed by atoms with Crippen molar-refractivity contribution in [2.24, 2.45) is 0 Å². The van der Waals surface area contributed by atoms with Crippen LogP contribution in [0.4, 0.5) is 0 Å². The summed E-state index contributed by atoms with van der Waals surface area (Å²) in [6.07, 6.45) is 1.97. The highest BCUT2D eigenvalue weighted by atomic mass is 79.9. The first-order chi connectivity index (χ1) is 11.9. The van der Waals surface area contributed by atoms with Crippen LogP contribution < -0.4 is 22.0 Å². The maximum atomic E-state index is 3.35. The Kier molecular flexibility index (Phi) is 3.98. The van der Waals surface area contributed by atoms with Gasteiger partial charge in [0.25, 0.3) is 0 Å². The van der Waals surface area contributed by atoms with E-state index in [1.807, 2.05) is 12.3 Å². The third-order valence-electron chi connectivity index (χ3n) is 4.70. The van der Waals surface area contributed by atoms with Gasteiger partial charge in [-0.25, -0.2) is 4.98 Å². The van der Waals surface area contributed by atoms with Gasteiger partial charge in [-0.15, -0.1) is 0 Å². The highest BCUT2D eigenvalue weighted by molar-refractivity contribution is 6.08. The molecule has 0 bridgehead atoms. The predicted octanol–water partition coefficient (Wildman–Crippen LogP) is 2.63. The molecule has 5 rings (SSSR count). The third-order valence-corrected chi connectivity index (χ3v) is 4.70. The van der Waals surface area contributed by atoms with E-state index < -0.39 is 0 Å². The van der Waals surface area contributed by atoms with E-state index in [1.165, 1.54) is 37.9 Å². The molecule has 0 unspecified atom stereocenters. The van der Waals surface area contributed by atoms with Crippen molar-refractivity contribution in [3.63, 3.8) is 0 Å². The minimum Gasteiger partial charge on any atom is -1.00 e. The van der Waals surface area contributed by atoms with Crippen LogP contribution in [0.5, 0.6) is 0 Å². The average Bonchev–Trinajstić information content (AvgIpc) is 2.65. The molecular formula is C23H16BrN. The van der Waals surface area contributed by atoms with Crippen LogP contribution in [0.15, 0.2) is 91.1 Å². The summed E-state index contributed by atoms with van der Waals surface area (Å²) in [5.74, 6) is 0. The van der Waals surface area contributed by atoms with Crippen molar-refractivity contribution in [2.75, 3.05) is 0 Å². The Balaban J connectivity index is 0.00000157. The van der Waals surface area contributed by atoms with E-state index in [-0.39, 0.29) is 17.0 Å². The van der Waals surface area contributed by atoms with Gasteiger partial charge in [0.2, 0.25) is 5.69 Å². The van der Waals surface area contributed by atoms with Gasteiger partial charge in [-0.2, -0.15) is 0 Å². The van der Waals surface area contributed by atoms with E-state index in [0.29, 0.717) is 0 Å². The van der Waals surface area contributed by atoms with Crippen LogP contribution >= 0.6 is 0 Å². The molecule has 0 fully saturated rings. The number of benzene rings is 4. The summed E-state index contributed by atoms with van der Waals surface area (Å²) >= 11 is 0. The molecule has 1 heterocycles. The molecule has 0 radical (unpaired) electrons. The Morgan fingerprint density at radius 1 is 0.520 bits per heavy atom. The Morgan fingerprint density at radius 2 is 1.16 bits per heavy atom. The lowest BCUT2D eigenvalue weighted by molar-refractivity contribution is -0.364. The lowest BCUT2D eigenvalue weighted by Crippen LogP contribution is -3.00. The standard InChI is InChI=1S/C23H15N.BrH/c1-2-7-17-13-20-15-22-18(14-19(20)12-16(17)6-1)8-5-9-21(22)23-10-3-4-11-24-23;/h1-15H;1H. The average molecular weight is 386 g/mol. The van der Waals surface area contributed by atoms with Crippen molar-refractivity contribution >= 4 is 32.3 Å². The highest BCUT2D eigenvalue weighted by Crippen LogP contribution is 2.32. The molecule has 4 aromatic carbocycles. The molecular weight excluding hydrogens is 370 g/mol. The van der Waals surface area contributed by atoms with Crippen molar-refractivity contribution in [1.29, 1.82) is 0 Å². The van der Waals surface area contributed by atoms with E-state index in [1.54, 1.807) is 0 Å². The summed E-state index contributed by atoms with van der Waals surface area (Å²) < 4.78 is 0. The molecule has 0 aliphatic heterocycles. The number of rotatable bonds is 1. The summed E-state index contributed by atoms with van der Waals surface area (Å²) in [6.45, 7) is 0. The zero-order chi connectivity index (χ0) is 15.9. The van der Waals surface area contributed by atoms with E-state index >= 15 is 0 Å². The zero-order valence-corrected chi connectivity index (χ0v) is 15.1. The van der Waals surface area contributed by atoms with E-state index in [0.717, 1.165) is 5.69 Å². The number of aromatic nitrogens is 1. The second-order valence-electron chi connectivity index (χ2n) is 6.20. The molecule has 0 atom stereocenters. The number of halogens is 1. The Labute approximate surface area is 156 Å². The summed E-state index contributed by atoms with van der Waals surface area (Å²) in [6, 6.07) is 30.4. The normalized spacial score (nSPS) is 10.9. The summed E-state index contributed by atoms with van der Waals surface area (Å²) in [5.41, 5.74) is 2.38. The van der Waals surface area contributed by atoms with E-state index in [9.17, 15) is 0 Å². The summed E-state index contributed by atoms with van der Waals surface area (Å²) in [4.78, 5) is 3.35. The summed E-state index contributed by atoms with van der Waals surface area (Å²) in [5, 5.41) is 7.69. The van der Waals surface area contributed by atoms with Gasteiger partial charge >= 0.3 is 0 Å². The first kappa shape index (κ1) is 15.8. The molecule has 0 saturated heterocycles. The van der Waals surface area contributed by atoms with Gasteiger partial charge in [-0.05, 0) is 68.7 Å². The molecule has 25 heavy (non-hydrogen) atoms. The second kappa shape index (κ2) is 6.30. The first-order valence-electron chi connectivity index (χ1n) is 8.21. The number of hydrogen-bond acceptors (Lipinski definition) is 0. The zero-order valence-electron chi connectivity index (χ0n) is 13.5. The maximum Gasteiger partial charge on any atom is 0.211 e. The van der Waals surface area contributed by atoms with Gasteiger partial charge in [0, 0.05) is 12.1 Å².